The van der Waals surface area contributed by atoms with Gasteiger partial charge in [0, 0.05) is 36.6 Å². The van der Waals surface area contributed by atoms with Crippen LogP contribution in [-0.2, 0) is 4.74 Å². The molecule has 1 saturated heterocycles. The molecule has 1 unspecified atom stereocenters. The summed E-state index contributed by atoms with van der Waals surface area (Å²) >= 11 is 5.90. The van der Waals surface area contributed by atoms with Gasteiger partial charge in [0.15, 0.2) is 5.78 Å². The van der Waals surface area contributed by atoms with Crippen molar-refractivity contribution in [3.8, 4) is 0 Å². The molecular weight excluding hydrogens is 262 g/mol. The number of rotatable bonds is 5. The van der Waals surface area contributed by atoms with Gasteiger partial charge in [0.1, 0.15) is 0 Å². The summed E-state index contributed by atoms with van der Waals surface area (Å²) in [5, 5.41) is 0.614. The van der Waals surface area contributed by atoms with Crippen molar-refractivity contribution in [3.63, 3.8) is 0 Å². The predicted molar refractivity (Wildman–Crippen MR) is 76.9 cm³/mol. The van der Waals surface area contributed by atoms with Crippen LogP contribution in [0.25, 0.3) is 0 Å². The molecule has 2 rings (SSSR count). The summed E-state index contributed by atoms with van der Waals surface area (Å²) in [6.07, 6.45) is 1.88. The highest BCUT2D eigenvalue weighted by atomic mass is 35.5. The van der Waals surface area contributed by atoms with E-state index in [0.717, 1.165) is 32.7 Å². The van der Waals surface area contributed by atoms with E-state index in [-0.39, 0.29) is 5.78 Å². The fraction of sp³-hybridized carbons (Fsp3) is 0.533. The van der Waals surface area contributed by atoms with Gasteiger partial charge in [0.05, 0.1) is 12.7 Å². The average molecular weight is 282 g/mol. The minimum absolute atomic E-state index is 0.155. The van der Waals surface area contributed by atoms with Crippen LogP contribution in [0.3, 0.4) is 0 Å². The van der Waals surface area contributed by atoms with Crippen LogP contribution >= 0.6 is 11.6 Å². The van der Waals surface area contributed by atoms with Crippen LogP contribution < -0.4 is 0 Å². The van der Waals surface area contributed by atoms with E-state index < -0.39 is 0 Å². The number of benzene rings is 1. The molecule has 0 saturated carbocycles. The lowest BCUT2D eigenvalue weighted by Gasteiger charge is -2.32. The Labute approximate surface area is 119 Å². The fourth-order valence-corrected chi connectivity index (χ4v) is 2.49. The Hall–Kier alpha value is -0.900. The first-order valence-electron chi connectivity index (χ1n) is 6.81. The molecule has 4 heteroatoms. The normalized spacial score (nSPS) is 20.4. The second-order valence-electron chi connectivity index (χ2n) is 4.89. The largest absolute Gasteiger partial charge is 0.376 e. The van der Waals surface area contributed by atoms with Gasteiger partial charge in [-0.05, 0) is 18.6 Å². The Morgan fingerprint density at radius 1 is 1.53 bits per heavy atom. The van der Waals surface area contributed by atoms with Crippen LogP contribution in [0, 0.1) is 0 Å². The number of carbonyl (C=O) groups excluding carboxylic acids is 1. The van der Waals surface area contributed by atoms with Gasteiger partial charge >= 0.3 is 0 Å². The molecule has 1 aromatic rings. The lowest BCUT2D eigenvalue weighted by atomic mass is 10.1. The van der Waals surface area contributed by atoms with E-state index in [1.807, 2.05) is 12.1 Å². The minimum atomic E-state index is 0.155. The van der Waals surface area contributed by atoms with Crippen molar-refractivity contribution in [3.05, 3.63) is 34.9 Å². The number of hydrogen-bond acceptors (Lipinski definition) is 3. The SMILES string of the molecule is CCC1CN(CCC(=O)c2cccc(Cl)c2)CCO1. The third kappa shape index (κ3) is 4.30. The van der Waals surface area contributed by atoms with Gasteiger partial charge in [-0.15, -0.1) is 0 Å². The van der Waals surface area contributed by atoms with E-state index in [2.05, 4.69) is 11.8 Å². The zero-order valence-corrected chi connectivity index (χ0v) is 12.0. The Morgan fingerprint density at radius 3 is 3.11 bits per heavy atom. The smallest absolute Gasteiger partial charge is 0.164 e. The van der Waals surface area contributed by atoms with Crippen LogP contribution in [0.15, 0.2) is 24.3 Å². The zero-order valence-electron chi connectivity index (χ0n) is 11.3. The number of ketones is 1. The van der Waals surface area contributed by atoms with Crippen molar-refractivity contribution in [2.75, 3.05) is 26.2 Å². The second kappa shape index (κ2) is 7.04. The summed E-state index contributed by atoms with van der Waals surface area (Å²) in [5.41, 5.74) is 0.702. The van der Waals surface area contributed by atoms with Crippen LogP contribution in [0.5, 0.6) is 0 Å². The van der Waals surface area contributed by atoms with Crippen molar-refractivity contribution in [2.24, 2.45) is 0 Å². The summed E-state index contributed by atoms with van der Waals surface area (Å²) < 4.78 is 5.62. The number of carbonyl (C=O) groups is 1. The molecular formula is C15H20ClNO2. The highest BCUT2D eigenvalue weighted by Crippen LogP contribution is 2.14. The van der Waals surface area contributed by atoms with Crippen LogP contribution in [0.2, 0.25) is 5.02 Å². The molecule has 0 aliphatic carbocycles. The average Bonchev–Trinajstić information content (AvgIpc) is 2.45. The molecule has 0 N–H and O–H groups in total. The Balaban J connectivity index is 1.83. The minimum Gasteiger partial charge on any atom is -0.376 e. The van der Waals surface area contributed by atoms with Crippen LogP contribution in [0.1, 0.15) is 30.1 Å². The van der Waals surface area contributed by atoms with E-state index in [4.69, 9.17) is 16.3 Å². The van der Waals surface area contributed by atoms with E-state index >= 15 is 0 Å². The lowest BCUT2D eigenvalue weighted by Crippen LogP contribution is -2.42. The maximum Gasteiger partial charge on any atom is 0.164 e. The molecule has 1 aliphatic heterocycles. The molecule has 1 atom stereocenters. The predicted octanol–water partition coefficient (Wildman–Crippen LogP) is 3.02. The summed E-state index contributed by atoms with van der Waals surface area (Å²) in [6.45, 7) is 5.54. The Kier molecular flexibility index (Phi) is 5.37. The third-order valence-corrected chi connectivity index (χ3v) is 3.72. The van der Waals surface area contributed by atoms with Gasteiger partial charge in [-0.25, -0.2) is 0 Å². The number of hydrogen-bond donors (Lipinski definition) is 0. The van der Waals surface area contributed by atoms with E-state index in [1.54, 1.807) is 12.1 Å². The van der Waals surface area contributed by atoms with Gasteiger partial charge in [-0.2, -0.15) is 0 Å². The van der Waals surface area contributed by atoms with Gasteiger partial charge in [-0.1, -0.05) is 30.7 Å². The van der Waals surface area contributed by atoms with Crippen LogP contribution in [-0.4, -0.2) is 43.0 Å². The molecule has 1 aliphatic rings. The van der Waals surface area contributed by atoms with Gasteiger partial charge in [-0.3, -0.25) is 9.69 Å². The van der Waals surface area contributed by atoms with Crippen LogP contribution in [0.4, 0.5) is 0 Å². The number of nitrogens with zero attached hydrogens (tertiary/aromatic N) is 1. The standard InChI is InChI=1S/C15H20ClNO2/c1-2-14-11-17(8-9-19-14)7-6-15(18)12-4-3-5-13(16)10-12/h3-5,10,14H,2,6-9,11H2,1H3. The number of ether oxygens (including phenoxy) is 1. The molecule has 0 amide bonds. The first-order valence-corrected chi connectivity index (χ1v) is 7.19. The molecule has 1 fully saturated rings. The highest BCUT2D eigenvalue weighted by Gasteiger charge is 2.19. The van der Waals surface area contributed by atoms with E-state index in [1.165, 1.54) is 0 Å². The zero-order chi connectivity index (χ0) is 13.7. The second-order valence-corrected chi connectivity index (χ2v) is 5.32. The molecule has 0 bridgehead atoms. The van der Waals surface area contributed by atoms with Crippen molar-refractivity contribution < 1.29 is 9.53 Å². The summed E-state index contributed by atoms with van der Waals surface area (Å²) in [4.78, 5) is 14.4. The summed E-state index contributed by atoms with van der Waals surface area (Å²) in [7, 11) is 0. The Morgan fingerprint density at radius 2 is 2.37 bits per heavy atom. The maximum atomic E-state index is 12.1. The monoisotopic (exact) mass is 281 g/mol. The van der Waals surface area contributed by atoms with E-state index in [0.29, 0.717) is 23.1 Å². The molecule has 1 aromatic carbocycles. The molecule has 0 spiro atoms. The summed E-state index contributed by atoms with van der Waals surface area (Å²) in [5.74, 6) is 0.155. The molecule has 0 radical (unpaired) electrons. The van der Waals surface area contributed by atoms with E-state index in [9.17, 15) is 4.79 Å². The van der Waals surface area contributed by atoms with Crippen molar-refractivity contribution >= 4 is 17.4 Å². The number of Topliss-reactive ketones (excluding diaryl/α,β-unsaturated/α-hetero) is 1. The topological polar surface area (TPSA) is 29.5 Å². The van der Waals surface area contributed by atoms with Crippen molar-refractivity contribution in [1.29, 1.82) is 0 Å². The van der Waals surface area contributed by atoms with Gasteiger partial charge < -0.3 is 4.74 Å². The van der Waals surface area contributed by atoms with Gasteiger partial charge in [0.25, 0.3) is 0 Å². The first kappa shape index (κ1) is 14.5. The number of morpholine rings is 1. The summed E-state index contributed by atoms with van der Waals surface area (Å²) in [6, 6.07) is 7.16. The first-order chi connectivity index (χ1) is 9.19. The molecule has 19 heavy (non-hydrogen) atoms. The maximum absolute atomic E-state index is 12.1. The lowest BCUT2D eigenvalue weighted by molar-refractivity contribution is -0.0293. The van der Waals surface area contributed by atoms with Crippen molar-refractivity contribution in [1.82, 2.24) is 4.90 Å². The van der Waals surface area contributed by atoms with Crippen molar-refractivity contribution in [2.45, 2.75) is 25.9 Å². The number of halogens is 1. The third-order valence-electron chi connectivity index (χ3n) is 3.48. The van der Waals surface area contributed by atoms with Gasteiger partial charge in [0.2, 0.25) is 0 Å². The fourth-order valence-electron chi connectivity index (χ4n) is 2.30. The quantitative estimate of drug-likeness (QED) is 0.777. The molecule has 0 aromatic heterocycles. The highest BCUT2D eigenvalue weighted by molar-refractivity contribution is 6.31. The Bertz CT molecular complexity index is 436. The molecule has 104 valence electrons. The molecule has 3 nitrogen and oxygen atoms in total. The molecule has 1 heterocycles.